The molecule has 0 radical (unpaired) electrons. The van der Waals surface area contributed by atoms with Gasteiger partial charge in [-0.1, -0.05) is 23.4 Å². The van der Waals surface area contributed by atoms with Crippen LogP contribution in [0.5, 0.6) is 5.75 Å². The Balaban J connectivity index is 1.57. The Morgan fingerprint density at radius 2 is 2.08 bits per heavy atom. The molecule has 0 aliphatic rings. The number of anilines is 1. The number of ether oxygens (including phenoxy) is 1. The number of nitrogens with one attached hydrogen (secondary N) is 1. The van der Waals surface area contributed by atoms with Crippen LogP contribution in [0, 0.1) is 6.92 Å². The second-order valence-corrected chi connectivity index (χ2v) is 5.91. The zero-order chi connectivity index (χ0) is 16.9. The van der Waals surface area contributed by atoms with E-state index in [4.69, 9.17) is 9.26 Å². The summed E-state index contributed by atoms with van der Waals surface area (Å²) in [7, 11) is 0. The summed E-state index contributed by atoms with van der Waals surface area (Å²) in [6.45, 7) is 3.90. The second kappa shape index (κ2) is 7.18. The van der Waals surface area contributed by atoms with Crippen molar-refractivity contribution in [1.29, 1.82) is 0 Å². The molecule has 0 bridgehead atoms. The fourth-order valence-corrected chi connectivity index (χ4v) is 2.54. The standard InChI is InChI=1S/C15H15N5O3S/c1-3-13-18-19-15(24-13)17-14(21)10-4-6-11(7-5-10)22-8-12-16-9(2)23-20-12/h4-7H,3,8H2,1-2H3,(H,17,19,21). The minimum Gasteiger partial charge on any atom is -0.485 e. The predicted octanol–water partition coefficient (Wildman–Crippen LogP) is 2.62. The number of aryl methyl sites for hydroxylation is 2. The molecule has 1 N–H and O–H groups in total. The Labute approximate surface area is 141 Å². The summed E-state index contributed by atoms with van der Waals surface area (Å²) in [5.74, 6) is 1.33. The third-order valence-electron chi connectivity index (χ3n) is 3.04. The Hall–Kier alpha value is -2.81. The Kier molecular flexibility index (Phi) is 4.80. The van der Waals surface area contributed by atoms with E-state index in [0.717, 1.165) is 11.4 Å². The molecule has 2 heterocycles. The summed E-state index contributed by atoms with van der Waals surface area (Å²) >= 11 is 1.37. The molecule has 0 atom stereocenters. The monoisotopic (exact) mass is 345 g/mol. The molecule has 1 aromatic carbocycles. The van der Waals surface area contributed by atoms with E-state index in [1.807, 2.05) is 6.92 Å². The van der Waals surface area contributed by atoms with Crippen LogP contribution in [0.2, 0.25) is 0 Å². The number of carbonyl (C=O) groups is 1. The van der Waals surface area contributed by atoms with Crippen molar-refractivity contribution in [3.63, 3.8) is 0 Å². The summed E-state index contributed by atoms with van der Waals surface area (Å²) in [6, 6.07) is 6.76. The first-order valence-corrected chi connectivity index (χ1v) is 8.11. The van der Waals surface area contributed by atoms with Crippen LogP contribution in [0.4, 0.5) is 5.13 Å². The zero-order valence-corrected chi connectivity index (χ0v) is 14.0. The number of hydrogen-bond acceptors (Lipinski definition) is 8. The van der Waals surface area contributed by atoms with Crippen molar-refractivity contribution in [2.45, 2.75) is 26.9 Å². The van der Waals surface area contributed by atoms with Gasteiger partial charge in [-0.2, -0.15) is 4.98 Å². The highest BCUT2D eigenvalue weighted by Gasteiger charge is 2.10. The van der Waals surface area contributed by atoms with E-state index in [9.17, 15) is 4.79 Å². The second-order valence-electron chi connectivity index (χ2n) is 4.85. The molecule has 24 heavy (non-hydrogen) atoms. The van der Waals surface area contributed by atoms with Gasteiger partial charge in [0, 0.05) is 12.5 Å². The summed E-state index contributed by atoms with van der Waals surface area (Å²) in [6.07, 6.45) is 0.791. The third-order valence-corrected chi connectivity index (χ3v) is 4.03. The molecular formula is C15H15N5O3S. The Bertz CT molecular complexity index is 828. The summed E-state index contributed by atoms with van der Waals surface area (Å²) in [4.78, 5) is 16.2. The van der Waals surface area contributed by atoms with Crippen LogP contribution >= 0.6 is 11.3 Å². The van der Waals surface area contributed by atoms with E-state index in [2.05, 4.69) is 25.7 Å². The Morgan fingerprint density at radius 1 is 1.29 bits per heavy atom. The predicted molar refractivity (Wildman–Crippen MR) is 87.0 cm³/mol. The van der Waals surface area contributed by atoms with Crippen molar-refractivity contribution >= 4 is 22.4 Å². The number of hydrogen-bond donors (Lipinski definition) is 1. The van der Waals surface area contributed by atoms with Crippen molar-refractivity contribution < 1.29 is 14.1 Å². The quantitative estimate of drug-likeness (QED) is 0.732. The van der Waals surface area contributed by atoms with Crippen LogP contribution < -0.4 is 10.1 Å². The van der Waals surface area contributed by atoms with Crippen LogP contribution in [0.3, 0.4) is 0 Å². The molecule has 124 valence electrons. The van der Waals surface area contributed by atoms with Crippen LogP contribution in [-0.4, -0.2) is 26.2 Å². The van der Waals surface area contributed by atoms with E-state index in [0.29, 0.717) is 28.2 Å². The molecule has 0 unspecified atom stereocenters. The van der Waals surface area contributed by atoms with Crippen molar-refractivity contribution in [3.05, 3.63) is 46.6 Å². The lowest BCUT2D eigenvalue weighted by molar-refractivity contribution is 0.102. The average molecular weight is 345 g/mol. The average Bonchev–Trinajstić information content (AvgIpc) is 3.22. The molecule has 0 aliphatic carbocycles. The van der Waals surface area contributed by atoms with Gasteiger partial charge in [0.15, 0.2) is 6.61 Å². The molecular weight excluding hydrogens is 330 g/mol. The molecule has 9 heteroatoms. The van der Waals surface area contributed by atoms with Crippen LogP contribution in [0.25, 0.3) is 0 Å². The lowest BCUT2D eigenvalue weighted by Gasteiger charge is -2.05. The van der Waals surface area contributed by atoms with Crippen LogP contribution in [-0.2, 0) is 13.0 Å². The van der Waals surface area contributed by atoms with E-state index in [1.54, 1.807) is 31.2 Å². The first-order chi connectivity index (χ1) is 11.6. The number of amides is 1. The molecule has 0 saturated carbocycles. The molecule has 3 aromatic rings. The highest BCUT2D eigenvalue weighted by molar-refractivity contribution is 7.15. The zero-order valence-electron chi connectivity index (χ0n) is 13.1. The van der Waals surface area contributed by atoms with E-state index in [1.165, 1.54) is 11.3 Å². The maximum absolute atomic E-state index is 12.2. The number of benzene rings is 1. The van der Waals surface area contributed by atoms with E-state index < -0.39 is 0 Å². The van der Waals surface area contributed by atoms with Crippen LogP contribution in [0.15, 0.2) is 28.8 Å². The fraction of sp³-hybridized carbons (Fsp3) is 0.267. The number of rotatable bonds is 6. The van der Waals surface area contributed by atoms with Crippen molar-refractivity contribution in [2.75, 3.05) is 5.32 Å². The number of aromatic nitrogens is 4. The lowest BCUT2D eigenvalue weighted by Crippen LogP contribution is -2.11. The normalized spacial score (nSPS) is 10.6. The smallest absolute Gasteiger partial charge is 0.257 e. The number of nitrogens with zero attached hydrogens (tertiary/aromatic N) is 4. The SMILES string of the molecule is CCc1nnc(NC(=O)c2ccc(OCc3noc(C)n3)cc2)s1. The summed E-state index contributed by atoms with van der Waals surface area (Å²) < 4.78 is 10.4. The summed E-state index contributed by atoms with van der Waals surface area (Å²) in [5.41, 5.74) is 0.506. The van der Waals surface area contributed by atoms with Gasteiger partial charge in [0.2, 0.25) is 16.8 Å². The molecule has 0 saturated heterocycles. The molecule has 1 amide bonds. The Morgan fingerprint density at radius 3 is 2.71 bits per heavy atom. The van der Waals surface area contributed by atoms with Crippen molar-refractivity contribution in [3.8, 4) is 5.75 Å². The van der Waals surface area contributed by atoms with Gasteiger partial charge in [0.05, 0.1) is 0 Å². The molecule has 0 fully saturated rings. The van der Waals surface area contributed by atoms with Gasteiger partial charge in [0.25, 0.3) is 5.91 Å². The van der Waals surface area contributed by atoms with Crippen molar-refractivity contribution in [2.24, 2.45) is 0 Å². The topological polar surface area (TPSA) is 103 Å². The van der Waals surface area contributed by atoms with Gasteiger partial charge < -0.3 is 9.26 Å². The largest absolute Gasteiger partial charge is 0.485 e. The molecule has 3 rings (SSSR count). The molecule has 0 spiro atoms. The van der Waals surface area contributed by atoms with Gasteiger partial charge >= 0.3 is 0 Å². The van der Waals surface area contributed by atoms with Gasteiger partial charge in [-0.3, -0.25) is 10.1 Å². The van der Waals surface area contributed by atoms with Crippen molar-refractivity contribution in [1.82, 2.24) is 20.3 Å². The van der Waals surface area contributed by atoms with Crippen LogP contribution in [0.1, 0.15) is 34.0 Å². The highest BCUT2D eigenvalue weighted by Crippen LogP contribution is 2.18. The molecule has 2 aromatic heterocycles. The third kappa shape index (κ3) is 3.93. The number of carbonyl (C=O) groups excluding carboxylic acids is 1. The van der Waals surface area contributed by atoms with E-state index >= 15 is 0 Å². The summed E-state index contributed by atoms with van der Waals surface area (Å²) in [5, 5.41) is 15.7. The van der Waals surface area contributed by atoms with Gasteiger partial charge in [-0.05, 0) is 30.7 Å². The van der Waals surface area contributed by atoms with Gasteiger partial charge in [0.1, 0.15) is 10.8 Å². The maximum atomic E-state index is 12.2. The molecule has 0 aliphatic heterocycles. The van der Waals surface area contributed by atoms with Gasteiger partial charge in [-0.25, -0.2) is 0 Å². The van der Waals surface area contributed by atoms with Gasteiger partial charge in [-0.15, -0.1) is 10.2 Å². The maximum Gasteiger partial charge on any atom is 0.257 e. The fourth-order valence-electron chi connectivity index (χ4n) is 1.87. The minimum absolute atomic E-state index is 0.202. The highest BCUT2D eigenvalue weighted by atomic mass is 32.1. The first kappa shape index (κ1) is 16.1. The van der Waals surface area contributed by atoms with E-state index in [-0.39, 0.29) is 12.5 Å². The lowest BCUT2D eigenvalue weighted by atomic mass is 10.2. The minimum atomic E-state index is -0.242. The first-order valence-electron chi connectivity index (χ1n) is 7.30. The molecule has 8 nitrogen and oxygen atoms in total.